The molecule has 9 heteroatoms. The zero-order chi connectivity index (χ0) is 18.4. The lowest BCUT2D eigenvalue weighted by Crippen LogP contribution is -2.41. The van der Waals surface area contributed by atoms with Crippen LogP contribution in [0.3, 0.4) is 0 Å². The van der Waals surface area contributed by atoms with Gasteiger partial charge in [-0.15, -0.1) is 0 Å². The number of aliphatic hydroxyl groups is 1. The zero-order valence-electron chi connectivity index (χ0n) is 14.0. The Labute approximate surface area is 145 Å². The van der Waals surface area contributed by atoms with Crippen LogP contribution < -0.4 is 0 Å². The van der Waals surface area contributed by atoms with Crippen LogP contribution in [0.15, 0.2) is 29.2 Å². The van der Waals surface area contributed by atoms with Gasteiger partial charge in [-0.05, 0) is 32.9 Å². The fourth-order valence-corrected chi connectivity index (χ4v) is 3.73. The highest BCUT2D eigenvalue weighted by Gasteiger charge is 2.57. The van der Waals surface area contributed by atoms with Crippen molar-refractivity contribution >= 4 is 16.1 Å². The molecule has 2 fully saturated rings. The Morgan fingerprint density at radius 2 is 1.88 bits per heavy atom. The molecule has 2 aliphatic rings. The molecule has 138 valence electrons. The highest BCUT2D eigenvalue weighted by molar-refractivity contribution is 7.86. The van der Waals surface area contributed by atoms with Crippen molar-refractivity contribution in [3.8, 4) is 0 Å². The van der Waals surface area contributed by atoms with Crippen LogP contribution in [0, 0.1) is 6.92 Å². The fraction of sp³-hybridized carbons (Fsp3) is 0.562. The van der Waals surface area contributed by atoms with Crippen LogP contribution in [-0.2, 0) is 33.3 Å². The van der Waals surface area contributed by atoms with Crippen molar-refractivity contribution in [2.75, 3.05) is 6.61 Å². The van der Waals surface area contributed by atoms with E-state index in [1.165, 1.54) is 12.1 Å². The van der Waals surface area contributed by atoms with Crippen molar-refractivity contribution in [2.45, 2.75) is 55.9 Å². The molecule has 8 nitrogen and oxygen atoms in total. The van der Waals surface area contributed by atoms with Gasteiger partial charge in [-0.1, -0.05) is 17.7 Å². The summed E-state index contributed by atoms with van der Waals surface area (Å²) in [7, 11) is -4.03. The van der Waals surface area contributed by atoms with Gasteiger partial charge in [0.25, 0.3) is 10.1 Å². The van der Waals surface area contributed by atoms with Crippen LogP contribution in [0.2, 0.25) is 0 Å². The first-order chi connectivity index (χ1) is 11.6. The molecule has 0 unspecified atom stereocenters. The van der Waals surface area contributed by atoms with Crippen molar-refractivity contribution in [2.24, 2.45) is 0 Å². The van der Waals surface area contributed by atoms with Crippen molar-refractivity contribution in [3.63, 3.8) is 0 Å². The van der Waals surface area contributed by atoms with Gasteiger partial charge in [0.05, 0.1) is 11.5 Å². The maximum Gasteiger partial charge on any atom is 0.338 e. The summed E-state index contributed by atoms with van der Waals surface area (Å²) >= 11 is 0. The minimum Gasteiger partial charge on any atom is -0.455 e. The predicted octanol–water partition coefficient (Wildman–Crippen LogP) is 0.507. The standard InChI is InChI=1S/C16H20O8S/c1-9-4-6-10(7-5-9)25(19,20)21-8-11(17)12-13-14(15(18)22-12)24-16(2,3)23-13/h4-7,11-14,17H,8H2,1-3H3/t11-,12-,13+,14+/m1/s1. The molecule has 3 rings (SSSR count). The van der Waals surface area contributed by atoms with E-state index >= 15 is 0 Å². The second-order valence-electron chi connectivity index (χ2n) is 6.54. The Kier molecular flexibility index (Phi) is 4.63. The summed E-state index contributed by atoms with van der Waals surface area (Å²) in [6.07, 6.45) is -4.20. The third kappa shape index (κ3) is 3.70. The Morgan fingerprint density at radius 1 is 1.24 bits per heavy atom. The number of rotatable bonds is 5. The van der Waals surface area contributed by atoms with Crippen LogP contribution in [0.25, 0.3) is 0 Å². The van der Waals surface area contributed by atoms with Crippen molar-refractivity contribution in [3.05, 3.63) is 29.8 Å². The van der Waals surface area contributed by atoms with E-state index in [-0.39, 0.29) is 4.90 Å². The number of benzene rings is 1. The normalized spacial score (nSPS) is 29.3. The highest BCUT2D eigenvalue weighted by atomic mass is 32.2. The lowest BCUT2D eigenvalue weighted by molar-refractivity contribution is -0.194. The van der Waals surface area contributed by atoms with Crippen molar-refractivity contribution in [1.82, 2.24) is 0 Å². The number of ether oxygens (including phenoxy) is 3. The first kappa shape index (κ1) is 18.3. The molecule has 0 amide bonds. The minimum atomic E-state index is -4.03. The lowest BCUT2D eigenvalue weighted by Gasteiger charge is -2.24. The van der Waals surface area contributed by atoms with Crippen LogP contribution in [0.5, 0.6) is 0 Å². The first-order valence-corrected chi connectivity index (χ1v) is 9.20. The van der Waals surface area contributed by atoms with E-state index in [9.17, 15) is 18.3 Å². The smallest absolute Gasteiger partial charge is 0.338 e. The molecular formula is C16H20O8S. The molecule has 0 spiro atoms. The molecule has 0 saturated carbocycles. The zero-order valence-corrected chi connectivity index (χ0v) is 14.9. The summed E-state index contributed by atoms with van der Waals surface area (Å²) in [4.78, 5) is 11.8. The lowest BCUT2D eigenvalue weighted by atomic mass is 10.1. The Hall–Kier alpha value is -1.52. The summed E-state index contributed by atoms with van der Waals surface area (Å²) in [6.45, 7) is 4.54. The Bertz CT molecular complexity index is 755. The van der Waals surface area contributed by atoms with Gasteiger partial charge in [-0.2, -0.15) is 8.42 Å². The quantitative estimate of drug-likeness (QED) is 0.588. The topological polar surface area (TPSA) is 108 Å². The van der Waals surface area contributed by atoms with Crippen molar-refractivity contribution < 1.29 is 36.7 Å². The van der Waals surface area contributed by atoms with Crippen molar-refractivity contribution in [1.29, 1.82) is 0 Å². The average Bonchev–Trinajstić information content (AvgIpc) is 3.00. The number of hydrogen-bond donors (Lipinski definition) is 1. The molecular weight excluding hydrogens is 352 g/mol. The number of aryl methyl sites for hydroxylation is 1. The summed E-state index contributed by atoms with van der Waals surface area (Å²) < 4.78 is 45.3. The summed E-state index contributed by atoms with van der Waals surface area (Å²) in [5.41, 5.74) is 0.906. The first-order valence-electron chi connectivity index (χ1n) is 7.79. The number of esters is 1. The molecule has 0 bridgehead atoms. The largest absolute Gasteiger partial charge is 0.455 e. The van der Waals surface area contributed by atoms with E-state index in [0.717, 1.165) is 5.56 Å². The van der Waals surface area contributed by atoms with E-state index in [1.807, 2.05) is 6.92 Å². The Balaban J connectivity index is 1.65. The van der Waals surface area contributed by atoms with Gasteiger partial charge >= 0.3 is 5.97 Å². The Morgan fingerprint density at radius 3 is 2.52 bits per heavy atom. The van der Waals surface area contributed by atoms with Crippen LogP contribution in [-0.4, -0.2) is 56.3 Å². The van der Waals surface area contributed by atoms with E-state index < -0.39 is 52.9 Å². The molecule has 0 aliphatic carbocycles. The molecule has 2 heterocycles. The maximum absolute atomic E-state index is 12.2. The van der Waals surface area contributed by atoms with Gasteiger partial charge in [-0.3, -0.25) is 4.18 Å². The number of hydrogen-bond acceptors (Lipinski definition) is 8. The van der Waals surface area contributed by atoms with E-state index in [4.69, 9.17) is 18.4 Å². The molecule has 2 aliphatic heterocycles. The highest BCUT2D eigenvalue weighted by Crippen LogP contribution is 2.37. The molecule has 2 saturated heterocycles. The van der Waals surface area contributed by atoms with Gasteiger partial charge in [0.15, 0.2) is 18.0 Å². The SMILES string of the molecule is Cc1ccc(S(=O)(=O)OC[C@@H](O)[C@H]2OC(=O)[C@H]3OC(C)(C)O[C@@H]23)cc1. The molecule has 1 aromatic rings. The second kappa shape index (κ2) is 6.33. The number of carbonyl (C=O) groups excluding carboxylic acids is 1. The number of carbonyl (C=O) groups is 1. The summed E-state index contributed by atoms with van der Waals surface area (Å²) in [5.74, 6) is -1.64. The number of aliphatic hydroxyl groups excluding tert-OH is 1. The molecule has 1 aromatic carbocycles. The number of cyclic esters (lactones) is 1. The molecule has 25 heavy (non-hydrogen) atoms. The number of fused-ring (bicyclic) bond motifs is 1. The van der Waals surface area contributed by atoms with Gasteiger partial charge in [0.2, 0.25) is 0 Å². The van der Waals surface area contributed by atoms with Crippen LogP contribution >= 0.6 is 0 Å². The van der Waals surface area contributed by atoms with Gasteiger partial charge in [-0.25, -0.2) is 4.79 Å². The maximum atomic E-state index is 12.2. The summed E-state index contributed by atoms with van der Waals surface area (Å²) in [5, 5.41) is 10.2. The molecule has 0 radical (unpaired) electrons. The van der Waals surface area contributed by atoms with Gasteiger partial charge in [0, 0.05) is 0 Å². The third-order valence-corrected chi connectivity index (χ3v) is 5.32. The van der Waals surface area contributed by atoms with Gasteiger partial charge in [0.1, 0.15) is 12.2 Å². The molecule has 0 aromatic heterocycles. The fourth-order valence-electron chi connectivity index (χ4n) is 2.80. The van der Waals surface area contributed by atoms with E-state index in [1.54, 1.807) is 26.0 Å². The van der Waals surface area contributed by atoms with E-state index in [0.29, 0.717) is 0 Å². The second-order valence-corrected chi connectivity index (χ2v) is 8.16. The van der Waals surface area contributed by atoms with Crippen LogP contribution in [0.4, 0.5) is 0 Å². The molecule has 1 N–H and O–H groups in total. The summed E-state index contributed by atoms with van der Waals surface area (Å²) in [6, 6.07) is 6.11. The monoisotopic (exact) mass is 372 g/mol. The van der Waals surface area contributed by atoms with E-state index in [2.05, 4.69) is 0 Å². The minimum absolute atomic E-state index is 0.0202. The molecule has 4 atom stereocenters. The predicted molar refractivity (Wildman–Crippen MR) is 84.0 cm³/mol. The van der Waals surface area contributed by atoms with Crippen LogP contribution in [0.1, 0.15) is 19.4 Å². The average molecular weight is 372 g/mol. The third-order valence-electron chi connectivity index (χ3n) is 4.02. The van der Waals surface area contributed by atoms with Gasteiger partial charge < -0.3 is 19.3 Å².